The van der Waals surface area contributed by atoms with Crippen LogP contribution in [0.25, 0.3) is 16.7 Å². The van der Waals surface area contributed by atoms with Crippen LogP contribution in [0.15, 0.2) is 30.3 Å². The predicted octanol–water partition coefficient (Wildman–Crippen LogP) is 3.64. The van der Waals surface area contributed by atoms with Gasteiger partial charge in [0.2, 0.25) is 5.82 Å². The molecule has 1 heterocycles. The van der Waals surface area contributed by atoms with Crippen molar-refractivity contribution >= 4 is 22.7 Å². The molecular formula is C16H18N2O2. The third kappa shape index (κ3) is 1.68. The number of benzene rings is 1. The number of rotatable bonds is 2. The standard InChI is InChI=1S/C16H18N2O2/c1-10-8-9-13(16(10,2)3)18-12-7-5-4-6-11(12)17-14(18)15(19)20/h4-7,9-10H,8H2,1-3H3,(H,19,20). The molecule has 2 aromatic rings. The Morgan fingerprint density at radius 1 is 1.40 bits per heavy atom. The zero-order chi connectivity index (χ0) is 14.5. The number of aromatic carboxylic acids is 1. The van der Waals surface area contributed by atoms with Crippen molar-refractivity contribution in [2.75, 3.05) is 0 Å². The molecule has 3 rings (SSSR count). The lowest BCUT2D eigenvalue weighted by atomic mass is 9.81. The Morgan fingerprint density at radius 3 is 2.70 bits per heavy atom. The number of imidazole rings is 1. The maximum Gasteiger partial charge on any atom is 0.372 e. The smallest absolute Gasteiger partial charge is 0.372 e. The number of carboxylic acids is 1. The van der Waals surface area contributed by atoms with Crippen molar-refractivity contribution in [3.8, 4) is 0 Å². The highest BCUT2D eigenvalue weighted by atomic mass is 16.4. The molecule has 4 heteroatoms. The van der Waals surface area contributed by atoms with Crippen LogP contribution < -0.4 is 0 Å². The summed E-state index contributed by atoms with van der Waals surface area (Å²) >= 11 is 0. The average molecular weight is 270 g/mol. The maximum absolute atomic E-state index is 11.5. The molecular weight excluding hydrogens is 252 g/mol. The summed E-state index contributed by atoms with van der Waals surface area (Å²) in [5.41, 5.74) is 2.56. The summed E-state index contributed by atoms with van der Waals surface area (Å²) in [5.74, 6) is -0.405. The first-order valence-electron chi connectivity index (χ1n) is 6.84. The molecule has 0 bridgehead atoms. The first-order valence-corrected chi connectivity index (χ1v) is 6.84. The highest BCUT2D eigenvalue weighted by Crippen LogP contribution is 2.46. The summed E-state index contributed by atoms with van der Waals surface area (Å²) < 4.78 is 1.81. The third-order valence-electron chi connectivity index (χ3n) is 4.55. The van der Waals surface area contributed by atoms with Crippen LogP contribution in [0.4, 0.5) is 0 Å². The van der Waals surface area contributed by atoms with Gasteiger partial charge in [0.1, 0.15) is 0 Å². The SMILES string of the molecule is CC1CC=C(n2c(C(=O)O)nc3ccccc32)C1(C)C. The van der Waals surface area contributed by atoms with Gasteiger partial charge in [-0.25, -0.2) is 9.78 Å². The van der Waals surface area contributed by atoms with Gasteiger partial charge in [-0.05, 0) is 24.5 Å². The fourth-order valence-electron chi connectivity index (χ4n) is 2.89. The van der Waals surface area contributed by atoms with Crippen molar-refractivity contribution in [1.82, 2.24) is 9.55 Å². The normalized spacial score (nSPS) is 21.1. The van der Waals surface area contributed by atoms with Crippen molar-refractivity contribution in [3.05, 3.63) is 36.2 Å². The van der Waals surface area contributed by atoms with Crippen LogP contribution in [-0.2, 0) is 0 Å². The lowest BCUT2D eigenvalue weighted by Crippen LogP contribution is -2.23. The number of carboxylic acid groups (broad SMARTS) is 1. The number of aromatic nitrogens is 2. The first kappa shape index (κ1) is 12.9. The summed E-state index contributed by atoms with van der Waals surface area (Å²) in [6.07, 6.45) is 3.11. The second-order valence-corrected chi connectivity index (χ2v) is 6.01. The Hall–Kier alpha value is -2.10. The number of para-hydroxylation sites is 2. The number of carbonyl (C=O) groups is 1. The Labute approximate surface area is 117 Å². The van der Waals surface area contributed by atoms with Gasteiger partial charge < -0.3 is 5.11 Å². The lowest BCUT2D eigenvalue weighted by Gasteiger charge is -2.29. The van der Waals surface area contributed by atoms with Gasteiger partial charge in [0.25, 0.3) is 0 Å². The summed E-state index contributed by atoms with van der Waals surface area (Å²) in [5, 5.41) is 9.45. The molecule has 1 aliphatic rings. The van der Waals surface area contributed by atoms with Crippen LogP contribution in [0, 0.1) is 11.3 Å². The number of hydrogen-bond donors (Lipinski definition) is 1. The average Bonchev–Trinajstić information content (AvgIpc) is 2.89. The fraction of sp³-hybridized carbons (Fsp3) is 0.375. The van der Waals surface area contributed by atoms with Crippen LogP contribution >= 0.6 is 0 Å². The molecule has 1 aromatic carbocycles. The molecule has 0 saturated heterocycles. The quantitative estimate of drug-likeness (QED) is 0.906. The largest absolute Gasteiger partial charge is 0.475 e. The molecule has 1 atom stereocenters. The van der Waals surface area contributed by atoms with Gasteiger partial charge in [-0.2, -0.15) is 0 Å². The Morgan fingerprint density at radius 2 is 2.10 bits per heavy atom. The lowest BCUT2D eigenvalue weighted by molar-refractivity contribution is 0.0681. The molecule has 1 N–H and O–H groups in total. The molecule has 0 aliphatic heterocycles. The second-order valence-electron chi connectivity index (χ2n) is 6.01. The number of fused-ring (bicyclic) bond motifs is 1. The topological polar surface area (TPSA) is 55.1 Å². The summed E-state index contributed by atoms with van der Waals surface area (Å²) in [7, 11) is 0. The molecule has 0 amide bonds. The summed E-state index contributed by atoms with van der Waals surface area (Å²) in [4.78, 5) is 15.8. The first-order chi connectivity index (χ1) is 9.43. The van der Waals surface area contributed by atoms with Crippen molar-refractivity contribution < 1.29 is 9.90 Å². The number of hydrogen-bond acceptors (Lipinski definition) is 2. The van der Waals surface area contributed by atoms with Gasteiger partial charge in [0.05, 0.1) is 11.0 Å². The second kappa shape index (κ2) is 4.20. The van der Waals surface area contributed by atoms with Crippen LogP contribution in [0.1, 0.15) is 37.8 Å². The Balaban J connectivity index is 2.31. The molecule has 20 heavy (non-hydrogen) atoms. The van der Waals surface area contributed by atoms with E-state index >= 15 is 0 Å². The van der Waals surface area contributed by atoms with Gasteiger partial charge in [-0.3, -0.25) is 4.57 Å². The number of allylic oxidation sites excluding steroid dienone is 2. The van der Waals surface area contributed by atoms with Crippen LogP contribution in [0.3, 0.4) is 0 Å². The number of nitrogens with zero attached hydrogens (tertiary/aromatic N) is 2. The predicted molar refractivity (Wildman–Crippen MR) is 78.5 cm³/mol. The third-order valence-corrected chi connectivity index (χ3v) is 4.55. The highest BCUT2D eigenvalue weighted by Gasteiger charge is 2.37. The van der Waals surface area contributed by atoms with Crippen LogP contribution in [0.2, 0.25) is 0 Å². The minimum absolute atomic E-state index is 0.0618. The fourth-order valence-corrected chi connectivity index (χ4v) is 2.89. The van der Waals surface area contributed by atoms with Gasteiger partial charge in [-0.15, -0.1) is 0 Å². The molecule has 4 nitrogen and oxygen atoms in total. The van der Waals surface area contributed by atoms with Crippen LogP contribution in [-0.4, -0.2) is 20.6 Å². The molecule has 0 spiro atoms. The Bertz CT molecular complexity index is 725. The molecule has 1 aliphatic carbocycles. The molecule has 0 radical (unpaired) electrons. The van der Waals surface area contributed by atoms with Gasteiger partial charge in [0.15, 0.2) is 0 Å². The van der Waals surface area contributed by atoms with Gasteiger partial charge in [-0.1, -0.05) is 39.0 Å². The zero-order valence-corrected chi connectivity index (χ0v) is 11.9. The van der Waals surface area contributed by atoms with E-state index in [0.717, 1.165) is 23.2 Å². The van der Waals surface area contributed by atoms with E-state index in [4.69, 9.17) is 0 Å². The van der Waals surface area contributed by atoms with E-state index in [2.05, 4.69) is 31.8 Å². The van der Waals surface area contributed by atoms with Gasteiger partial charge in [0, 0.05) is 11.1 Å². The van der Waals surface area contributed by atoms with E-state index in [9.17, 15) is 9.90 Å². The monoisotopic (exact) mass is 270 g/mol. The molecule has 104 valence electrons. The molecule has 1 aromatic heterocycles. The van der Waals surface area contributed by atoms with E-state index < -0.39 is 5.97 Å². The highest BCUT2D eigenvalue weighted by molar-refractivity contribution is 5.93. The molecule has 0 fully saturated rings. The van der Waals surface area contributed by atoms with Gasteiger partial charge >= 0.3 is 5.97 Å². The maximum atomic E-state index is 11.5. The van der Waals surface area contributed by atoms with E-state index in [0.29, 0.717) is 5.92 Å². The van der Waals surface area contributed by atoms with Crippen LogP contribution in [0.5, 0.6) is 0 Å². The molecule has 1 unspecified atom stereocenters. The Kier molecular flexibility index (Phi) is 2.71. The summed E-state index contributed by atoms with van der Waals surface area (Å²) in [6, 6.07) is 7.57. The van der Waals surface area contributed by atoms with Crippen molar-refractivity contribution in [2.24, 2.45) is 11.3 Å². The van der Waals surface area contributed by atoms with E-state index in [1.165, 1.54) is 0 Å². The molecule has 0 saturated carbocycles. The van der Waals surface area contributed by atoms with Crippen molar-refractivity contribution in [3.63, 3.8) is 0 Å². The minimum Gasteiger partial charge on any atom is -0.475 e. The van der Waals surface area contributed by atoms with E-state index in [-0.39, 0.29) is 11.2 Å². The minimum atomic E-state index is -0.988. The van der Waals surface area contributed by atoms with E-state index in [1.54, 1.807) is 4.57 Å². The van der Waals surface area contributed by atoms with E-state index in [1.807, 2.05) is 24.3 Å². The zero-order valence-electron chi connectivity index (χ0n) is 11.9. The summed E-state index contributed by atoms with van der Waals surface area (Å²) in [6.45, 7) is 6.52. The van der Waals surface area contributed by atoms with Crippen molar-refractivity contribution in [1.29, 1.82) is 0 Å². The van der Waals surface area contributed by atoms with Crippen molar-refractivity contribution in [2.45, 2.75) is 27.2 Å².